The van der Waals surface area contributed by atoms with Crippen molar-refractivity contribution in [1.29, 1.82) is 0 Å². The lowest BCUT2D eigenvalue weighted by Crippen LogP contribution is -2.29. The first-order valence-electron chi connectivity index (χ1n) is 8.98. The van der Waals surface area contributed by atoms with E-state index in [4.69, 9.17) is 21.7 Å². The number of rotatable bonds is 8. The second-order valence-corrected chi connectivity index (χ2v) is 9.08. The molecule has 0 aliphatic carbocycles. The van der Waals surface area contributed by atoms with Crippen molar-refractivity contribution < 1.29 is 19.1 Å². The fraction of sp³-hybridized carbons (Fsp3) is 0.316. The van der Waals surface area contributed by atoms with Gasteiger partial charge in [-0.1, -0.05) is 41.4 Å². The van der Waals surface area contributed by atoms with Crippen molar-refractivity contribution in [1.82, 2.24) is 15.1 Å². The van der Waals surface area contributed by atoms with Gasteiger partial charge in [0, 0.05) is 13.0 Å². The SMILES string of the molecule is COc1ccc(/C=C2/SC(=S)N(CCCC(=O)Nc3nnc(C)s3)C2=O)cc1OC. The predicted molar refractivity (Wildman–Crippen MR) is 122 cm³/mol. The number of amides is 2. The lowest BCUT2D eigenvalue weighted by molar-refractivity contribution is -0.122. The number of hydrogen-bond donors (Lipinski definition) is 1. The van der Waals surface area contributed by atoms with E-state index in [9.17, 15) is 9.59 Å². The van der Waals surface area contributed by atoms with Crippen molar-refractivity contribution in [2.75, 3.05) is 26.1 Å². The van der Waals surface area contributed by atoms with Gasteiger partial charge in [0.2, 0.25) is 11.0 Å². The Hall–Kier alpha value is -2.50. The van der Waals surface area contributed by atoms with Crippen molar-refractivity contribution >= 4 is 62.7 Å². The van der Waals surface area contributed by atoms with E-state index in [0.717, 1.165) is 10.6 Å². The Morgan fingerprint density at radius 2 is 2.03 bits per heavy atom. The maximum absolute atomic E-state index is 12.7. The molecule has 0 atom stereocenters. The van der Waals surface area contributed by atoms with Gasteiger partial charge < -0.3 is 14.8 Å². The molecule has 1 saturated heterocycles. The Morgan fingerprint density at radius 3 is 2.70 bits per heavy atom. The highest BCUT2D eigenvalue weighted by atomic mass is 32.2. The molecule has 1 N–H and O–H groups in total. The molecule has 1 aromatic heterocycles. The number of thioether (sulfide) groups is 1. The molecular formula is C19H20N4O4S3. The molecule has 0 spiro atoms. The molecule has 158 valence electrons. The molecule has 0 saturated carbocycles. The fourth-order valence-electron chi connectivity index (χ4n) is 2.71. The average Bonchev–Trinajstić information content (AvgIpc) is 3.25. The fourth-order valence-corrected chi connectivity index (χ4v) is 4.63. The molecule has 30 heavy (non-hydrogen) atoms. The summed E-state index contributed by atoms with van der Waals surface area (Å²) in [7, 11) is 3.13. The lowest BCUT2D eigenvalue weighted by atomic mass is 10.2. The summed E-state index contributed by atoms with van der Waals surface area (Å²) >= 11 is 7.91. The third kappa shape index (κ3) is 5.35. The molecule has 2 heterocycles. The van der Waals surface area contributed by atoms with Crippen LogP contribution in [0.5, 0.6) is 11.5 Å². The number of anilines is 1. The minimum atomic E-state index is -0.169. The van der Waals surface area contributed by atoms with Gasteiger partial charge in [-0.2, -0.15) is 0 Å². The van der Waals surface area contributed by atoms with E-state index in [-0.39, 0.29) is 18.2 Å². The number of aryl methyl sites for hydroxylation is 1. The van der Waals surface area contributed by atoms with Crippen LogP contribution in [0.25, 0.3) is 6.08 Å². The van der Waals surface area contributed by atoms with Crippen molar-refractivity contribution in [3.05, 3.63) is 33.7 Å². The van der Waals surface area contributed by atoms with E-state index >= 15 is 0 Å². The number of nitrogens with zero attached hydrogens (tertiary/aromatic N) is 3. The number of aromatic nitrogens is 2. The summed E-state index contributed by atoms with van der Waals surface area (Å²) < 4.78 is 11.0. The van der Waals surface area contributed by atoms with Crippen LogP contribution in [0, 0.1) is 6.92 Å². The molecule has 3 rings (SSSR count). The van der Waals surface area contributed by atoms with Crippen LogP contribution in [0.3, 0.4) is 0 Å². The maximum atomic E-state index is 12.7. The zero-order valence-corrected chi connectivity index (χ0v) is 19.1. The van der Waals surface area contributed by atoms with Gasteiger partial charge in [0.15, 0.2) is 11.5 Å². The monoisotopic (exact) mass is 464 g/mol. The molecule has 0 radical (unpaired) electrons. The minimum absolute atomic E-state index is 0.167. The summed E-state index contributed by atoms with van der Waals surface area (Å²) in [6.07, 6.45) is 2.51. The van der Waals surface area contributed by atoms with Gasteiger partial charge in [0.25, 0.3) is 5.91 Å². The molecule has 0 unspecified atom stereocenters. The number of methoxy groups -OCH3 is 2. The smallest absolute Gasteiger partial charge is 0.266 e. The maximum Gasteiger partial charge on any atom is 0.266 e. The van der Waals surface area contributed by atoms with Crippen LogP contribution >= 0.6 is 35.3 Å². The number of thiocarbonyl (C=S) groups is 1. The summed E-state index contributed by atoms with van der Waals surface area (Å²) in [6.45, 7) is 2.19. The summed E-state index contributed by atoms with van der Waals surface area (Å²) in [5.41, 5.74) is 0.805. The van der Waals surface area contributed by atoms with Crippen LogP contribution in [0.15, 0.2) is 23.1 Å². The topological polar surface area (TPSA) is 93.6 Å². The standard InChI is InChI=1S/C19H20N4O4S3/c1-11-21-22-18(29-11)20-16(24)5-4-8-23-17(25)15(30-19(23)28)10-12-6-7-13(26-2)14(9-12)27-3/h6-7,9-10H,4-5,8H2,1-3H3,(H,20,22,24)/b15-10+. The van der Waals surface area contributed by atoms with Gasteiger partial charge in [-0.25, -0.2) is 0 Å². The second kappa shape index (κ2) is 10.0. The number of hydrogen-bond acceptors (Lipinski definition) is 9. The van der Waals surface area contributed by atoms with E-state index in [1.807, 2.05) is 13.0 Å². The van der Waals surface area contributed by atoms with Crippen LogP contribution in [-0.2, 0) is 9.59 Å². The van der Waals surface area contributed by atoms with Gasteiger partial charge in [0.05, 0.1) is 19.1 Å². The average molecular weight is 465 g/mol. The van der Waals surface area contributed by atoms with Crippen LogP contribution in [0.4, 0.5) is 5.13 Å². The van der Waals surface area contributed by atoms with Crippen LogP contribution in [-0.4, -0.2) is 52.0 Å². The van der Waals surface area contributed by atoms with E-state index in [1.54, 1.807) is 32.4 Å². The minimum Gasteiger partial charge on any atom is -0.493 e. The Kier molecular flexibility index (Phi) is 7.40. The van der Waals surface area contributed by atoms with Crippen LogP contribution in [0.2, 0.25) is 0 Å². The van der Waals surface area contributed by atoms with Crippen LogP contribution in [0.1, 0.15) is 23.4 Å². The summed E-state index contributed by atoms with van der Waals surface area (Å²) in [6, 6.07) is 5.42. The molecule has 11 heteroatoms. The molecule has 8 nitrogen and oxygen atoms in total. The third-order valence-corrected chi connectivity index (χ3v) is 6.27. The lowest BCUT2D eigenvalue weighted by Gasteiger charge is -2.13. The van der Waals surface area contributed by atoms with E-state index < -0.39 is 0 Å². The van der Waals surface area contributed by atoms with Gasteiger partial charge >= 0.3 is 0 Å². The normalized spacial score (nSPS) is 15.0. The molecule has 1 fully saturated rings. The molecule has 1 aromatic carbocycles. The van der Waals surface area contributed by atoms with E-state index in [2.05, 4.69) is 15.5 Å². The van der Waals surface area contributed by atoms with E-state index in [0.29, 0.717) is 38.8 Å². The number of carbonyl (C=O) groups is 2. The molecule has 2 amide bonds. The highest BCUT2D eigenvalue weighted by molar-refractivity contribution is 8.26. The van der Waals surface area contributed by atoms with Crippen molar-refractivity contribution in [2.24, 2.45) is 0 Å². The zero-order valence-electron chi connectivity index (χ0n) is 16.6. The van der Waals surface area contributed by atoms with Gasteiger partial charge in [-0.3, -0.25) is 14.5 Å². The van der Waals surface area contributed by atoms with Gasteiger partial charge in [0.1, 0.15) is 9.33 Å². The van der Waals surface area contributed by atoms with Gasteiger partial charge in [-0.15, -0.1) is 10.2 Å². The summed E-state index contributed by atoms with van der Waals surface area (Å²) in [5.74, 6) is 0.861. The quantitative estimate of drug-likeness (QED) is 0.469. The summed E-state index contributed by atoms with van der Waals surface area (Å²) in [5, 5.41) is 11.7. The highest BCUT2D eigenvalue weighted by Crippen LogP contribution is 2.34. The van der Waals surface area contributed by atoms with Crippen molar-refractivity contribution in [3.63, 3.8) is 0 Å². The van der Waals surface area contributed by atoms with Crippen LogP contribution < -0.4 is 14.8 Å². The first-order chi connectivity index (χ1) is 14.4. The molecule has 0 bridgehead atoms. The number of benzene rings is 1. The second-order valence-electron chi connectivity index (χ2n) is 6.23. The Bertz CT molecular complexity index is 1010. The first-order valence-corrected chi connectivity index (χ1v) is 11.0. The number of nitrogens with one attached hydrogen (secondary N) is 1. The number of carbonyl (C=O) groups excluding carboxylic acids is 2. The largest absolute Gasteiger partial charge is 0.493 e. The van der Waals surface area contributed by atoms with E-state index in [1.165, 1.54) is 28.0 Å². The molecule has 2 aromatic rings. The van der Waals surface area contributed by atoms with Gasteiger partial charge in [-0.05, 0) is 37.1 Å². The number of ether oxygens (including phenoxy) is 2. The Morgan fingerprint density at radius 1 is 1.27 bits per heavy atom. The molecular weight excluding hydrogens is 444 g/mol. The molecule has 1 aliphatic heterocycles. The zero-order chi connectivity index (χ0) is 21.7. The predicted octanol–water partition coefficient (Wildman–Crippen LogP) is 3.48. The third-order valence-electron chi connectivity index (χ3n) is 4.14. The first kappa shape index (κ1) is 22.2. The van der Waals surface area contributed by atoms with Crippen molar-refractivity contribution in [3.8, 4) is 11.5 Å². The highest BCUT2D eigenvalue weighted by Gasteiger charge is 2.31. The Balaban J connectivity index is 1.58. The molecule has 1 aliphatic rings. The Labute approximate surface area is 187 Å². The summed E-state index contributed by atoms with van der Waals surface area (Å²) in [4.78, 5) is 26.8. The van der Waals surface area contributed by atoms with Crippen molar-refractivity contribution in [2.45, 2.75) is 19.8 Å².